The summed E-state index contributed by atoms with van der Waals surface area (Å²) in [5.74, 6) is 1.09. The molecule has 1 heterocycles. The standard InChI is InChI=1S/C26H24N4O2/c27-25-18-22(14-16-28-25)30-26(31)29-21-10-12-23(13-11-21)32-17-15-20-8-4-5-9-24(20)19-6-2-1-3-7-19/h1-14,16,18H,15,17H2,(H4,27,28,29,30,31). The topological polar surface area (TPSA) is 89.3 Å². The lowest BCUT2D eigenvalue weighted by Crippen LogP contribution is -2.19. The van der Waals surface area contributed by atoms with Crippen molar-refractivity contribution in [3.8, 4) is 16.9 Å². The van der Waals surface area contributed by atoms with E-state index in [4.69, 9.17) is 10.5 Å². The fourth-order valence-electron chi connectivity index (χ4n) is 3.37. The maximum Gasteiger partial charge on any atom is 0.323 e. The minimum atomic E-state index is -0.359. The average Bonchev–Trinajstić information content (AvgIpc) is 2.81. The van der Waals surface area contributed by atoms with Crippen LogP contribution >= 0.6 is 0 Å². The monoisotopic (exact) mass is 424 g/mol. The van der Waals surface area contributed by atoms with E-state index in [-0.39, 0.29) is 6.03 Å². The summed E-state index contributed by atoms with van der Waals surface area (Å²) in [5.41, 5.74) is 10.5. The Balaban J connectivity index is 1.30. The van der Waals surface area contributed by atoms with Crippen LogP contribution in [0.25, 0.3) is 11.1 Å². The molecule has 6 heteroatoms. The minimum Gasteiger partial charge on any atom is -0.493 e. The summed E-state index contributed by atoms with van der Waals surface area (Å²) in [6.07, 6.45) is 2.33. The number of benzene rings is 3. The van der Waals surface area contributed by atoms with Gasteiger partial charge in [-0.1, -0.05) is 54.6 Å². The molecule has 3 aromatic carbocycles. The molecule has 2 amide bonds. The maximum absolute atomic E-state index is 12.1. The minimum absolute atomic E-state index is 0.343. The molecule has 0 atom stereocenters. The number of rotatable bonds is 7. The third-order valence-corrected chi connectivity index (χ3v) is 4.89. The zero-order chi connectivity index (χ0) is 22.2. The molecule has 0 aliphatic rings. The van der Waals surface area contributed by atoms with Gasteiger partial charge >= 0.3 is 6.03 Å². The predicted molar refractivity (Wildman–Crippen MR) is 129 cm³/mol. The van der Waals surface area contributed by atoms with Crippen LogP contribution in [-0.2, 0) is 6.42 Å². The summed E-state index contributed by atoms with van der Waals surface area (Å²) < 4.78 is 5.92. The van der Waals surface area contributed by atoms with Gasteiger partial charge in [0, 0.05) is 30.1 Å². The molecule has 0 fully saturated rings. The number of hydrogen-bond acceptors (Lipinski definition) is 4. The molecule has 0 saturated heterocycles. The van der Waals surface area contributed by atoms with Crippen LogP contribution in [0.3, 0.4) is 0 Å². The number of nitrogens with one attached hydrogen (secondary N) is 2. The van der Waals surface area contributed by atoms with Gasteiger partial charge in [-0.05, 0) is 47.0 Å². The number of nitrogens with two attached hydrogens (primary N) is 1. The lowest BCUT2D eigenvalue weighted by molar-refractivity contribution is 0.262. The Bertz CT molecular complexity index is 1180. The van der Waals surface area contributed by atoms with E-state index < -0.39 is 0 Å². The number of hydrogen-bond donors (Lipinski definition) is 3. The summed E-state index contributed by atoms with van der Waals surface area (Å²) in [4.78, 5) is 16.0. The van der Waals surface area contributed by atoms with Gasteiger partial charge in [0.1, 0.15) is 11.6 Å². The van der Waals surface area contributed by atoms with E-state index in [2.05, 4.69) is 45.9 Å². The molecule has 0 aliphatic heterocycles. The molecule has 4 aromatic rings. The third-order valence-electron chi connectivity index (χ3n) is 4.89. The zero-order valence-corrected chi connectivity index (χ0v) is 17.5. The van der Waals surface area contributed by atoms with Crippen molar-refractivity contribution in [1.29, 1.82) is 0 Å². The van der Waals surface area contributed by atoms with E-state index in [9.17, 15) is 4.79 Å². The molecular weight excluding hydrogens is 400 g/mol. The number of carbonyl (C=O) groups is 1. The van der Waals surface area contributed by atoms with Gasteiger partial charge in [-0.25, -0.2) is 9.78 Å². The highest BCUT2D eigenvalue weighted by Gasteiger charge is 2.06. The van der Waals surface area contributed by atoms with Crippen molar-refractivity contribution >= 4 is 23.2 Å². The van der Waals surface area contributed by atoms with Crippen LogP contribution in [0.4, 0.5) is 22.0 Å². The van der Waals surface area contributed by atoms with Crippen LogP contribution < -0.4 is 21.1 Å². The van der Waals surface area contributed by atoms with Gasteiger partial charge in [0.25, 0.3) is 0 Å². The summed E-state index contributed by atoms with van der Waals surface area (Å²) in [6.45, 7) is 0.556. The molecular formula is C26H24N4O2. The molecule has 0 radical (unpaired) electrons. The van der Waals surface area contributed by atoms with Crippen molar-refractivity contribution in [3.63, 3.8) is 0 Å². The number of anilines is 3. The first-order valence-electron chi connectivity index (χ1n) is 10.3. The molecule has 1 aromatic heterocycles. The number of urea groups is 1. The predicted octanol–water partition coefficient (Wildman–Crippen LogP) is 5.60. The van der Waals surface area contributed by atoms with Crippen LogP contribution in [-0.4, -0.2) is 17.6 Å². The second kappa shape index (κ2) is 10.1. The van der Waals surface area contributed by atoms with Gasteiger partial charge in [-0.3, -0.25) is 0 Å². The van der Waals surface area contributed by atoms with Gasteiger partial charge in [-0.2, -0.15) is 0 Å². The Labute approximate surface area is 187 Å². The molecule has 0 bridgehead atoms. The lowest BCUT2D eigenvalue weighted by Gasteiger charge is -2.12. The Kier molecular flexibility index (Phi) is 6.63. The second-order valence-corrected chi connectivity index (χ2v) is 7.19. The normalized spacial score (nSPS) is 10.4. The van der Waals surface area contributed by atoms with Crippen molar-refractivity contribution in [1.82, 2.24) is 4.98 Å². The quantitative estimate of drug-likeness (QED) is 0.360. The Morgan fingerprint density at radius 3 is 2.34 bits per heavy atom. The van der Waals surface area contributed by atoms with Gasteiger partial charge in [0.2, 0.25) is 0 Å². The van der Waals surface area contributed by atoms with Crippen molar-refractivity contribution < 1.29 is 9.53 Å². The average molecular weight is 425 g/mol. The fraction of sp³-hybridized carbons (Fsp3) is 0.0769. The van der Waals surface area contributed by atoms with Crippen molar-refractivity contribution in [2.75, 3.05) is 23.0 Å². The lowest BCUT2D eigenvalue weighted by atomic mass is 9.98. The highest BCUT2D eigenvalue weighted by Crippen LogP contribution is 2.24. The highest BCUT2D eigenvalue weighted by atomic mass is 16.5. The smallest absolute Gasteiger partial charge is 0.323 e. The number of amides is 2. The first kappa shape index (κ1) is 20.9. The van der Waals surface area contributed by atoms with Crippen LogP contribution in [0.2, 0.25) is 0 Å². The van der Waals surface area contributed by atoms with Gasteiger partial charge < -0.3 is 21.1 Å². The van der Waals surface area contributed by atoms with E-state index in [0.717, 1.165) is 12.2 Å². The summed E-state index contributed by atoms with van der Waals surface area (Å²) in [7, 11) is 0. The number of carbonyl (C=O) groups excluding carboxylic acids is 1. The molecule has 4 N–H and O–H groups in total. The van der Waals surface area contributed by atoms with E-state index in [1.165, 1.54) is 22.9 Å². The van der Waals surface area contributed by atoms with Gasteiger partial charge in [0.05, 0.1) is 6.61 Å². The summed E-state index contributed by atoms with van der Waals surface area (Å²) in [5, 5.41) is 5.49. The van der Waals surface area contributed by atoms with Crippen LogP contribution in [0.15, 0.2) is 97.2 Å². The molecule has 0 saturated carbocycles. The third kappa shape index (κ3) is 5.64. The van der Waals surface area contributed by atoms with Crippen LogP contribution in [0.5, 0.6) is 5.75 Å². The van der Waals surface area contributed by atoms with E-state index in [0.29, 0.717) is 23.8 Å². The largest absolute Gasteiger partial charge is 0.493 e. The Hall–Kier alpha value is -4.32. The molecule has 6 nitrogen and oxygen atoms in total. The van der Waals surface area contributed by atoms with Crippen molar-refractivity contribution in [2.45, 2.75) is 6.42 Å². The van der Waals surface area contributed by atoms with E-state index in [1.807, 2.05) is 36.4 Å². The fourth-order valence-corrected chi connectivity index (χ4v) is 3.37. The molecule has 0 unspecified atom stereocenters. The first-order valence-corrected chi connectivity index (χ1v) is 10.3. The Morgan fingerprint density at radius 2 is 1.56 bits per heavy atom. The molecule has 160 valence electrons. The molecule has 32 heavy (non-hydrogen) atoms. The molecule has 4 rings (SSSR count). The zero-order valence-electron chi connectivity index (χ0n) is 17.5. The Morgan fingerprint density at radius 1 is 0.844 bits per heavy atom. The van der Waals surface area contributed by atoms with Crippen LogP contribution in [0, 0.1) is 0 Å². The number of aromatic nitrogens is 1. The first-order chi connectivity index (χ1) is 15.7. The number of pyridine rings is 1. The van der Waals surface area contributed by atoms with Gasteiger partial charge in [-0.15, -0.1) is 0 Å². The summed E-state index contributed by atoms with van der Waals surface area (Å²) >= 11 is 0. The SMILES string of the molecule is Nc1cc(NC(=O)Nc2ccc(OCCc3ccccc3-c3ccccc3)cc2)ccn1. The van der Waals surface area contributed by atoms with Crippen molar-refractivity contribution in [3.05, 3.63) is 103 Å². The molecule has 0 spiro atoms. The van der Waals surface area contributed by atoms with Crippen molar-refractivity contribution in [2.24, 2.45) is 0 Å². The van der Waals surface area contributed by atoms with Gasteiger partial charge in [0.15, 0.2) is 0 Å². The number of nitrogens with zero attached hydrogens (tertiary/aromatic N) is 1. The molecule has 0 aliphatic carbocycles. The number of nitrogen functional groups attached to an aromatic ring is 1. The van der Waals surface area contributed by atoms with Crippen LogP contribution in [0.1, 0.15) is 5.56 Å². The number of ether oxygens (including phenoxy) is 1. The van der Waals surface area contributed by atoms with E-state index in [1.54, 1.807) is 24.3 Å². The van der Waals surface area contributed by atoms with E-state index >= 15 is 0 Å². The maximum atomic E-state index is 12.1. The summed E-state index contributed by atoms with van der Waals surface area (Å²) in [6, 6.07) is 28.9. The second-order valence-electron chi connectivity index (χ2n) is 7.19. The highest BCUT2D eigenvalue weighted by molar-refractivity contribution is 5.99.